The first-order valence-corrected chi connectivity index (χ1v) is 5.87. The first-order valence-electron chi connectivity index (χ1n) is 5.87. The number of H-pyrrole nitrogens is 1. The minimum absolute atomic E-state index is 0.506. The third-order valence-electron chi connectivity index (χ3n) is 3.03. The molecule has 0 saturated carbocycles. The van der Waals surface area contributed by atoms with Crippen molar-refractivity contribution in [2.45, 2.75) is 6.92 Å². The summed E-state index contributed by atoms with van der Waals surface area (Å²) in [7, 11) is 0. The molecule has 0 unspecified atom stereocenters. The van der Waals surface area contributed by atoms with Crippen LogP contribution in [-0.2, 0) is 0 Å². The van der Waals surface area contributed by atoms with Crippen molar-refractivity contribution in [3.8, 4) is 11.5 Å². The summed E-state index contributed by atoms with van der Waals surface area (Å²) in [4.78, 5) is 10.9. The lowest BCUT2D eigenvalue weighted by atomic mass is 10.2. The van der Waals surface area contributed by atoms with Crippen LogP contribution < -0.4 is 10.2 Å². The van der Waals surface area contributed by atoms with Gasteiger partial charge in [-0.3, -0.25) is 0 Å². The van der Waals surface area contributed by atoms with Crippen LogP contribution in [0.25, 0.3) is 11.5 Å². The highest BCUT2D eigenvalue weighted by Crippen LogP contribution is 2.24. The Balaban J connectivity index is 1.98. The van der Waals surface area contributed by atoms with E-state index >= 15 is 0 Å². The number of piperazine rings is 1. The van der Waals surface area contributed by atoms with Gasteiger partial charge >= 0.3 is 0 Å². The van der Waals surface area contributed by atoms with Crippen molar-refractivity contribution in [2.24, 2.45) is 0 Å². The van der Waals surface area contributed by atoms with Crippen molar-refractivity contribution in [1.82, 2.24) is 35.9 Å². The molecule has 1 aliphatic rings. The van der Waals surface area contributed by atoms with Crippen LogP contribution in [0.1, 0.15) is 5.56 Å². The second-order valence-corrected chi connectivity index (χ2v) is 4.14. The van der Waals surface area contributed by atoms with E-state index < -0.39 is 0 Å². The molecule has 1 aliphatic heterocycles. The normalized spacial score (nSPS) is 15.9. The maximum absolute atomic E-state index is 4.37. The molecule has 3 heterocycles. The van der Waals surface area contributed by atoms with Gasteiger partial charge in [0.05, 0.1) is 0 Å². The Morgan fingerprint density at radius 2 is 2.06 bits per heavy atom. The number of nitrogens with zero attached hydrogens (tertiary/aromatic N) is 6. The average molecular weight is 246 g/mol. The molecule has 2 N–H and O–H groups in total. The highest BCUT2D eigenvalue weighted by Gasteiger charge is 2.18. The van der Waals surface area contributed by atoms with E-state index in [1.54, 1.807) is 6.33 Å². The molecule has 1 saturated heterocycles. The minimum Gasteiger partial charge on any atom is -0.354 e. The number of aromatic amines is 1. The Morgan fingerprint density at radius 3 is 2.78 bits per heavy atom. The van der Waals surface area contributed by atoms with Gasteiger partial charge in [0.2, 0.25) is 5.82 Å². The molecule has 0 radical (unpaired) electrons. The van der Waals surface area contributed by atoms with E-state index in [0.717, 1.165) is 43.3 Å². The fraction of sp³-hybridized carbons (Fsp3) is 0.500. The number of aromatic nitrogens is 6. The Labute approximate surface area is 104 Å². The highest BCUT2D eigenvalue weighted by atomic mass is 15.5. The smallest absolute Gasteiger partial charge is 0.223 e. The lowest BCUT2D eigenvalue weighted by Gasteiger charge is -2.29. The van der Waals surface area contributed by atoms with Crippen LogP contribution in [0, 0.1) is 6.92 Å². The van der Waals surface area contributed by atoms with Gasteiger partial charge in [-0.05, 0) is 12.1 Å². The fourth-order valence-electron chi connectivity index (χ4n) is 2.12. The molecule has 0 aromatic carbocycles. The van der Waals surface area contributed by atoms with Crippen molar-refractivity contribution >= 4 is 5.82 Å². The second-order valence-electron chi connectivity index (χ2n) is 4.14. The van der Waals surface area contributed by atoms with Crippen molar-refractivity contribution in [3.05, 3.63) is 11.9 Å². The van der Waals surface area contributed by atoms with Crippen LogP contribution in [0.3, 0.4) is 0 Å². The van der Waals surface area contributed by atoms with Gasteiger partial charge in [-0.25, -0.2) is 9.97 Å². The summed E-state index contributed by atoms with van der Waals surface area (Å²) >= 11 is 0. The van der Waals surface area contributed by atoms with E-state index in [1.165, 1.54) is 0 Å². The molecule has 0 spiro atoms. The van der Waals surface area contributed by atoms with Crippen LogP contribution in [0.4, 0.5) is 5.82 Å². The summed E-state index contributed by atoms with van der Waals surface area (Å²) in [5.74, 6) is 1.46. The van der Waals surface area contributed by atoms with E-state index in [0.29, 0.717) is 5.82 Å². The zero-order valence-electron chi connectivity index (χ0n) is 10.1. The molecule has 1 fully saturated rings. The maximum atomic E-state index is 4.37. The predicted molar refractivity (Wildman–Crippen MR) is 65.0 cm³/mol. The Bertz CT molecular complexity index is 517. The molecule has 2 aromatic rings. The number of hydrogen-bond donors (Lipinski definition) is 2. The largest absolute Gasteiger partial charge is 0.354 e. The molecule has 0 atom stereocenters. The summed E-state index contributed by atoms with van der Waals surface area (Å²) < 4.78 is 0. The maximum Gasteiger partial charge on any atom is 0.223 e. The Kier molecular flexibility index (Phi) is 2.85. The van der Waals surface area contributed by atoms with Crippen molar-refractivity contribution in [2.75, 3.05) is 31.1 Å². The summed E-state index contributed by atoms with van der Waals surface area (Å²) in [5, 5.41) is 17.3. The third kappa shape index (κ3) is 1.90. The quantitative estimate of drug-likeness (QED) is 0.728. The standard InChI is InChI=1S/C10H14N8/c1-7-8(9-14-16-17-15-9)12-6-13-10(7)18-4-2-11-3-5-18/h6,11H,2-5H2,1H3,(H,14,15,16,17). The topological polar surface area (TPSA) is 95.5 Å². The van der Waals surface area contributed by atoms with Gasteiger partial charge in [0, 0.05) is 31.7 Å². The second kappa shape index (κ2) is 4.65. The van der Waals surface area contributed by atoms with Crippen molar-refractivity contribution < 1.29 is 0 Å². The number of nitrogens with one attached hydrogen (secondary N) is 2. The molecule has 18 heavy (non-hydrogen) atoms. The molecular formula is C10H14N8. The molecule has 0 aliphatic carbocycles. The van der Waals surface area contributed by atoms with Crippen molar-refractivity contribution in [1.29, 1.82) is 0 Å². The molecule has 3 rings (SSSR count). The SMILES string of the molecule is Cc1c(-c2nn[nH]n2)ncnc1N1CCNCC1. The molecule has 8 heteroatoms. The van der Waals surface area contributed by atoms with E-state index in [1.807, 2.05) is 6.92 Å². The molecular weight excluding hydrogens is 232 g/mol. The average Bonchev–Trinajstić information content (AvgIpc) is 2.94. The van der Waals surface area contributed by atoms with Crippen LogP contribution >= 0.6 is 0 Å². The van der Waals surface area contributed by atoms with Gasteiger partial charge in [0.15, 0.2) is 0 Å². The van der Waals surface area contributed by atoms with E-state index in [4.69, 9.17) is 0 Å². The lowest BCUT2D eigenvalue weighted by Crippen LogP contribution is -2.44. The van der Waals surface area contributed by atoms with Gasteiger partial charge in [-0.1, -0.05) is 0 Å². The van der Waals surface area contributed by atoms with Crippen LogP contribution in [-0.4, -0.2) is 56.8 Å². The minimum atomic E-state index is 0.506. The van der Waals surface area contributed by atoms with Crippen LogP contribution in [0.15, 0.2) is 6.33 Å². The monoisotopic (exact) mass is 246 g/mol. The Morgan fingerprint density at radius 1 is 1.22 bits per heavy atom. The van der Waals surface area contributed by atoms with Crippen LogP contribution in [0.2, 0.25) is 0 Å². The zero-order chi connectivity index (χ0) is 12.4. The lowest BCUT2D eigenvalue weighted by molar-refractivity contribution is 0.583. The van der Waals surface area contributed by atoms with E-state index in [-0.39, 0.29) is 0 Å². The first-order chi connectivity index (χ1) is 8.86. The first kappa shape index (κ1) is 11.0. The number of rotatable bonds is 2. The summed E-state index contributed by atoms with van der Waals surface area (Å²) in [5.41, 5.74) is 1.72. The van der Waals surface area contributed by atoms with Crippen molar-refractivity contribution in [3.63, 3.8) is 0 Å². The summed E-state index contributed by atoms with van der Waals surface area (Å²) in [6, 6.07) is 0. The molecule has 0 amide bonds. The molecule has 94 valence electrons. The van der Waals surface area contributed by atoms with E-state index in [2.05, 4.69) is 40.8 Å². The fourth-order valence-corrected chi connectivity index (χ4v) is 2.12. The van der Waals surface area contributed by atoms with Gasteiger partial charge in [0.25, 0.3) is 0 Å². The predicted octanol–water partition coefficient (Wildman–Crippen LogP) is -0.625. The number of hydrogen-bond acceptors (Lipinski definition) is 7. The van der Waals surface area contributed by atoms with Gasteiger partial charge < -0.3 is 10.2 Å². The molecule has 0 bridgehead atoms. The van der Waals surface area contributed by atoms with Gasteiger partial charge in [-0.15, -0.1) is 10.2 Å². The van der Waals surface area contributed by atoms with Gasteiger partial charge in [-0.2, -0.15) is 5.21 Å². The Hall–Kier alpha value is -2.09. The third-order valence-corrected chi connectivity index (χ3v) is 3.03. The van der Waals surface area contributed by atoms with E-state index in [9.17, 15) is 0 Å². The summed E-state index contributed by atoms with van der Waals surface area (Å²) in [6.07, 6.45) is 1.55. The number of tetrazole rings is 1. The zero-order valence-corrected chi connectivity index (χ0v) is 10.1. The molecule has 8 nitrogen and oxygen atoms in total. The number of anilines is 1. The molecule has 2 aromatic heterocycles. The highest BCUT2D eigenvalue weighted by molar-refractivity contribution is 5.62. The van der Waals surface area contributed by atoms with Crippen LogP contribution in [0.5, 0.6) is 0 Å². The summed E-state index contributed by atoms with van der Waals surface area (Å²) in [6.45, 7) is 5.83. The van der Waals surface area contributed by atoms with Gasteiger partial charge in [0.1, 0.15) is 17.8 Å².